The third-order valence-electron chi connectivity index (χ3n) is 7.33. The van der Waals surface area contributed by atoms with Gasteiger partial charge < -0.3 is 20.3 Å². The molecule has 1 aromatic carbocycles. The number of benzene rings is 1. The summed E-state index contributed by atoms with van der Waals surface area (Å²) in [6.07, 6.45) is -1.74. The molecule has 2 aromatic rings. The van der Waals surface area contributed by atoms with Gasteiger partial charge in [0, 0.05) is 37.2 Å². The number of fused-ring (bicyclic) bond motifs is 2. The van der Waals surface area contributed by atoms with Gasteiger partial charge in [0.15, 0.2) is 5.60 Å². The van der Waals surface area contributed by atoms with Gasteiger partial charge >= 0.3 is 6.18 Å². The number of hydrogen-bond donors (Lipinski definition) is 2. The van der Waals surface area contributed by atoms with Crippen molar-refractivity contribution < 1.29 is 35.9 Å². The Morgan fingerprint density at radius 1 is 1.12 bits per heavy atom. The van der Waals surface area contributed by atoms with Gasteiger partial charge in [-0.15, -0.1) is 0 Å². The third kappa shape index (κ3) is 7.09. The van der Waals surface area contributed by atoms with Crippen LogP contribution in [0, 0.1) is 0 Å². The molecule has 2 atom stereocenters. The summed E-state index contributed by atoms with van der Waals surface area (Å²) < 4.78 is 70.2. The summed E-state index contributed by atoms with van der Waals surface area (Å²) >= 11 is 6.05. The van der Waals surface area contributed by atoms with E-state index in [0.29, 0.717) is 18.7 Å². The van der Waals surface area contributed by atoms with Gasteiger partial charge in [-0.1, -0.05) is 17.7 Å². The van der Waals surface area contributed by atoms with Crippen molar-refractivity contribution in [1.82, 2.24) is 19.9 Å². The molecule has 1 aromatic heterocycles. The molecule has 15 heteroatoms. The number of pyridine rings is 1. The fourth-order valence-corrected chi connectivity index (χ4v) is 6.55. The summed E-state index contributed by atoms with van der Waals surface area (Å²) in [6.45, 7) is 1.65. The van der Waals surface area contributed by atoms with Crippen molar-refractivity contribution in [3.63, 3.8) is 0 Å². The summed E-state index contributed by atoms with van der Waals surface area (Å²) in [5, 5.41) is 5.08. The van der Waals surface area contributed by atoms with Gasteiger partial charge in [-0.2, -0.15) is 13.2 Å². The molecular formula is C27H33ClF3N5O5S. The quantitative estimate of drug-likeness (QED) is 0.432. The number of hydrogen-bond acceptors (Lipinski definition) is 7. The van der Waals surface area contributed by atoms with E-state index in [0.717, 1.165) is 17.1 Å². The second-order valence-corrected chi connectivity index (χ2v) is 13.7. The van der Waals surface area contributed by atoms with Crippen LogP contribution in [0.1, 0.15) is 50.0 Å². The van der Waals surface area contributed by atoms with Crippen LogP contribution >= 0.6 is 11.6 Å². The largest absolute Gasteiger partial charge is 0.477 e. The minimum atomic E-state index is -4.53. The molecule has 2 aliphatic rings. The van der Waals surface area contributed by atoms with Crippen molar-refractivity contribution in [1.29, 1.82) is 0 Å². The first-order chi connectivity index (χ1) is 19.5. The summed E-state index contributed by atoms with van der Waals surface area (Å²) in [7, 11) is -1.14. The van der Waals surface area contributed by atoms with E-state index in [1.54, 1.807) is 26.0 Å². The Hall–Kier alpha value is -3.10. The molecule has 2 unspecified atom stereocenters. The number of halogens is 4. The lowest BCUT2D eigenvalue weighted by molar-refractivity contribution is -0.135. The highest BCUT2D eigenvalue weighted by molar-refractivity contribution is 7.89. The Morgan fingerprint density at radius 2 is 1.76 bits per heavy atom. The Bertz CT molecular complexity index is 1440. The number of nitrogens with zero attached hydrogens (tertiary/aromatic N) is 3. The van der Waals surface area contributed by atoms with Gasteiger partial charge in [0.1, 0.15) is 28.7 Å². The number of nitrogens with one attached hydrogen (secondary N) is 2. The third-order valence-corrected chi connectivity index (χ3v) is 9.40. The van der Waals surface area contributed by atoms with Gasteiger partial charge in [-0.3, -0.25) is 9.59 Å². The number of amides is 2. The first kappa shape index (κ1) is 31.8. The van der Waals surface area contributed by atoms with Crippen molar-refractivity contribution in [2.45, 2.75) is 74.3 Å². The standard InChI is InChI=1S/C27H33ClF3N5O5S/c1-26(2,41-21-11-8-16(28)12-22(21)42(39,40)35(3)4)25(38)33-17-13-18-9-10-19(14-17)36(18)23-7-5-6-20(34-23)24(37)32-15-27(29,30)31/h5-8,11-12,17-19H,9-10,13-15H2,1-4H3,(H,32,37)(H,33,38). The van der Waals surface area contributed by atoms with Crippen molar-refractivity contribution in [3.8, 4) is 5.75 Å². The molecular weight excluding hydrogens is 599 g/mol. The molecule has 10 nitrogen and oxygen atoms in total. The van der Waals surface area contributed by atoms with Gasteiger partial charge in [0.05, 0.1) is 0 Å². The molecule has 2 N–H and O–H groups in total. The van der Waals surface area contributed by atoms with Crippen LogP contribution in [0.2, 0.25) is 5.02 Å². The van der Waals surface area contributed by atoms with E-state index in [1.165, 1.54) is 38.4 Å². The van der Waals surface area contributed by atoms with Crippen LogP contribution in [0.3, 0.4) is 0 Å². The monoisotopic (exact) mass is 631 g/mol. The normalized spacial score (nSPS) is 20.9. The fourth-order valence-electron chi connectivity index (χ4n) is 5.28. The number of sulfonamides is 1. The van der Waals surface area contributed by atoms with Gasteiger partial charge in [0.2, 0.25) is 10.0 Å². The highest BCUT2D eigenvalue weighted by atomic mass is 35.5. The lowest BCUT2D eigenvalue weighted by Crippen LogP contribution is -2.55. The van der Waals surface area contributed by atoms with Gasteiger partial charge in [0.25, 0.3) is 11.8 Å². The number of carbonyl (C=O) groups is 2. The van der Waals surface area contributed by atoms with Crippen LogP contribution in [0.25, 0.3) is 0 Å². The van der Waals surface area contributed by atoms with E-state index >= 15 is 0 Å². The van der Waals surface area contributed by atoms with E-state index in [-0.39, 0.29) is 39.5 Å². The second-order valence-electron chi connectivity index (χ2n) is 11.1. The Morgan fingerprint density at radius 3 is 2.36 bits per heavy atom. The van der Waals surface area contributed by atoms with E-state index in [9.17, 15) is 31.2 Å². The maximum absolute atomic E-state index is 13.4. The molecule has 42 heavy (non-hydrogen) atoms. The molecule has 2 bridgehead atoms. The van der Waals surface area contributed by atoms with Crippen molar-refractivity contribution >= 4 is 39.3 Å². The SMILES string of the molecule is CN(C)S(=O)(=O)c1cc(Cl)ccc1OC(C)(C)C(=O)NC1CC2CCC(C1)N2c1cccc(C(=O)NCC(F)(F)F)n1. The van der Waals surface area contributed by atoms with Crippen molar-refractivity contribution in [2.75, 3.05) is 25.5 Å². The van der Waals surface area contributed by atoms with Gasteiger partial charge in [-0.05, 0) is 69.9 Å². The molecule has 2 amide bonds. The summed E-state index contributed by atoms with van der Waals surface area (Å²) in [6, 6.07) is 8.61. The number of aromatic nitrogens is 1. The minimum Gasteiger partial charge on any atom is -0.477 e. The summed E-state index contributed by atoms with van der Waals surface area (Å²) in [4.78, 5) is 31.8. The maximum atomic E-state index is 13.4. The van der Waals surface area contributed by atoms with E-state index in [4.69, 9.17) is 16.3 Å². The van der Waals surface area contributed by atoms with Crippen LogP contribution in [0.4, 0.5) is 19.0 Å². The zero-order valence-electron chi connectivity index (χ0n) is 23.5. The Labute approximate surface area is 247 Å². The van der Waals surface area contributed by atoms with E-state index < -0.39 is 40.2 Å². The number of ether oxygens (including phenoxy) is 1. The average molecular weight is 632 g/mol. The molecule has 2 fully saturated rings. The highest BCUT2D eigenvalue weighted by Gasteiger charge is 2.43. The van der Waals surface area contributed by atoms with Crippen LogP contribution in [0.5, 0.6) is 5.75 Å². The lowest BCUT2D eigenvalue weighted by atomic mass is 9.96. The number of rotatable bonds is 9. The molecule has 0 saturated carbocycles. The smallest absolute Gasteiger partial charge is 0.405 e. The summed E-state index contributed by atoms with van der Waals surface area (Å²) in [5.74, 6) is -0.848. The zero-order chi connectivity index (χ0) is 31.0. The van der Waals surface area contributed by atoms with Crippen LogP contribution in [-0.4, -0.2) is 80.1 Å². The number of carbonyl (C=O) groups excluding carboxylic acids is 2. The highest BCUT2D eigenvalue weighted by Crippen LogP contribution is 2.39. The van der Waals surface area contributed by atoms with E-state index in [2.05, 4.69) is 15.2 Å². The maximum Gasteiger partial charge on any atom is 0.405 e. The average Bonchev–Trinajstić information content (AvgIpc) is 3.17. The summed E-state index contributed by atoms with van der Waals surface area (Å²) in [5.41, 5.74) is -1.54. The predicted octanol–water partition coefficient (Wildman–Crippen LogP) is 3.75. The van der Waals surface area contributed by atoms with Crippen molar-refractivity contribution in [3.05, 3.63) is 47.1 Å². The van der Waals surface area contributed by atoms with E-state index in [1.807, 2.05) is 5.32 Å². The van der Waals surface area contributed by atoms with Crippen LogP contribution in [-0.2, 0) is 14.8 Å². The minimum absolute atomic E-state index is 0.00614. The van der Waals surface area contributed by atoms with Crippen LogP contribution in [0.15, 0.2) is 41.3 Å². The molecule has 0 radical (unpaired) electrons. The lowest BCUT2D eigenvalue weighted by Gasteiger charge is -2.41. The number of alkyl halides is 3. The Balaban J connectivity index is 1.43. The first-order valence-electron chi connectivity index (χ1n) is 13.3. The molecule has 2 aliphatic heterocycles. The first-order valence-corrected chi connectivity index (χ1v) is 15.1. The number of anilines is 1. The fraction of sp³-hybridized carbons (Fsp3) is 0.519. The molecule has 0 aliphatic carbocycles. The zero-order valence-corrected chi connectivity index (χ0v) is 25.1. The van der Waals surface area contributed by atoms with Crippen molar-refractivity contribution in [2.24, 2.45) is 0 Å². The van der Waals surface area contributed by atoms with Crippen LogP contribution < -0.4 is 20.3 Å². The second kappa shape index (κ2) is 11.9. The predicted molar refractivity (Wildman–Crippen MR) is 150 cm³/mol. The van der Waals surface area contributed by atoms with Gasteiger partial charge in [-0.25, -0.2) is 17.7 Å². The molecule has 0 spiro atoms. The topological polar surface area (TPSA) is 121 Å². The number of piperidine rings is 1. The Kier molecular flexibility index (Phi) is 9.00. The molecule has 2 saturated heterocycles. The molecule has 230 valence electrons. The molecule has 3 heterocycles. The molecule has 4 rings (SSSR count).